The first-order chi connectivity index (χ1) is 10.1. The number of morpholine rings is 1. The fourth-order valence-corrected chi connectivity index (χ4v) is 2.61. The summed E-state index contributed by atoms with van der Waals surface area (Å²) >= 11 is 0. The average molecular weight is 295 g/mol. The second-order valence-corrected chi connectivity index (χ2v) is 5.54. The Bertz CT molecular complexity index is 430. The zero-order valence-corrected chi connectivity index (χ0v) is 12.8. The van der Waals surface area contributed by atoms with Gasteiger partial charge in [0.25, 0.3) is 0 Å². The molecule has 2 N–H and O–H groups in total. The first-order valence-electron chi connectivity index (χ1n) is 7.38. The van der Waals surface area contributed by atoms with Crippen LogP contribution in [-0.4, -0.2) is 51.2 Å². The van der Waals surface area contributed by atoms with Crippen molar-refractivity contribution in [1.29, 1.82) is 0 Å². The van der Waals surface area contributed by atoms with Gasteiger partial charge in [-0.2, -0.15) is 0 Å². The molecule has 2 atom stereocenters. The van der Waals surface area contributed by atoms with Crippen LogP contribution in [0.15, 0.2) is 24.3 Å². The van der Waals surface area contributed by atoms with Crippen LogP contribution in [0.25, 0.3) is 0 Å². The van der Waals surface area contributed by atoms with E-state index in [4.69, 9.17) is 14.2 Å². The summed E-state index contributed by atoms with van der Waals surface area (Å²) in [5, 5.41) is 14.2. The molecule has 0 spiro atoms. The van der Waals surface area contributed by atoms with Crippen LogP contribution in [0.2, 0.25) is 0 Å². The lowest BCUT2D eigenvalue weighted by atomic mass is 9.88. The van der Waals surface area contributed by atoms with E-state index in [-0.39, 0.29) is 6.04 Å². The molecule has 5 nitrogen and oxygen atoms in total. The molecule has 1 aromatic rings. The molecule has 0 aromatic heterocycles. The Balaban J connectivity index is 2.06. The van der Waals surface area contributed by atoms with Crippen LogP contribution in [0.5, 0.6) is 5.75 Å². The molecule has 1 fully saturated rings. The molecule has 1 aliphatic rings. The Labute approximate surface area is 126 Å². The Kier molecular flexibility index (Phi) is 5.99. The summed E-state index contributed by atoms with van der Waals surface area (Å²) in [6.07, 6.45) is 0.581. The predicted octanol–water partition coefficient (Wildman–Crippen LogP) is 1.30. The first kappa shape index (κ1) is 16.2. The van der Waals surface area contributed by atoms with Gasteiger partial charge in [-0.1, -0.05) is 18.2 Å². The van der Waals surface area contributed by atoms with Crippen molar-refractivity contribution in [3.8, 4) is 5.75 Å². The minimum Gasteiger partial charge on any atom is -0.491 e. The third kappa shape index (κ3) is 4.68. The summed E-state index contributed by atoms with van der Waals surface area (Å²) < 4.78 is 16.2. The van der Waals surface area contributed by atoms with E-state index in [9.17, 15) is 5.11 Å². The highest BCUT2D eigenvalue weighted by molar-refractivity contribution is 5.37. The number of nitrogens with one attached hydrogen (secondary N) is 1. The van der Waals surface area contributed by atoms with Crippen molar-refractivity contribution in [3.05, 3.63) is 29.8 Å². The van der Waals surface area contributed by atoms with Gasteiger partial charge < -0.3 is 24.6 Å². The fourth-order valence-electron chi connectivity index (χ4n) is 2.61. The molecule has 1 aliphatic heterocycles. The van der Waals surface area contributed by atoms with Gasteiger partial charge in [-0.3, -0.25) is 0 Å². The smallest absolute Gasteiger partial charge is 0.125 e. The third-order valence-electron chi connectivity index (χ3n) is 3.65. The molecule has 1 heterocycles. The van der Waals surface area contributed by atoms with Crippen LogP contribution in [0.3, 0.4) is 0 Å². The molecular formula is C16H25NO4. The van der Waals surface area contributed by atoms with Gasteiger partial charge in [-0.05, 0) is 19.4 Å². The van der Waals surface area contributed by atoms with Gasteiger partial charge in [0, 0.05) is 25.3 Å². The molecule has 21 heavy (non-hydrogen) atoms. The fraction of sp³-hybridized carbons (Fsp3) is 0.625. The van der Waals surface area contributed by atoms with Crippen LogP contribution in [0, 0.1) is 0 Å². The lowest BCUT2D eigenvalue weighted by Gasteiger charge is -2.32. The molecule has 5 heteroatoms. The highest BCUT2D eigenvalue weighted by Gasteiger charge is 2.31. The van der Waals surface area contributed by atoms with Crippen molar-refractivity contribution < 1.29 is 19.3 Å². The molecule has 2 rings (SSSR count). The second-order valence-electron chi connectivity index (χ2n) is 5.54. The van der Waals surface area contributed by atoms with E-state index in [1.54, 1.807) is 7.11 Å². The number of ether oxygens (including phenoxy) is 3. The molecular weight excluding hydrogens is 270 g/mol. The van der Waals surface area contributed by atoms with E-state index in [1.807, 2.05) is 31.2 Å². The van der Waals surface area contributed by atoms with Crippen LogP contribution < -0.4 is 10.1 Å². The Morgan fingerprint density at radius 3 is 2.90 bits per heavy atom. The van der Waals surface area contributed by atoms with Crippen LogP contribution in [0.4, 0.5) is 0 Å². The summed E-state index contributed by atoms with van der Waals surface area (Å²) in [5.41, 5.74) is -0.171. The van der Waals surface area contributed by atoms with E-state index in [2.05, 4.69) is 5.32 Å². The minimum atomic E-state index is -0.970. The van der Waals surface area contributed by atoms with Gasteiger partial charge in [0.05, 0.1) is 25.4 Å². The predicted molar refractivity (Wildman–Crippen MR) is 80.6 cm³/mol. The number of aliphatic hydroxyl groups is 1. The van der Waals surface area contributed by atoms with Crippen molar-refractivity contribution in [2.24, 2.45) is 0 Å². The standard InChI is InChI=1S/C16H25NO4/c1-16(18,11-13-12-20-8-7-17-13)14-5-3-4-6-15(14)21-10-9-19-2/h3-6,13,17-18H,7-12H2,1-2H3. The number of methoxy groups -OCH3 is 1. The summed E-state index contributed by atoms with van der Waals surface area (Å²) in [7, 11) is 1.64. The molecule has 2 unspecified atom stereocenters. The Morgan fingerprint density at radius 2 is 2.19 bits per heavy atom. The number of para-hydroxylation sites is 1. The lowest BCUT2D eigenvalue weighted by Crippen LogP contribution is -2.45. The molecule has 1 aromatic carbocycles. The zero-order chi connectivity index (χ0) is 15.1. The third-order valence-corrected chi connectivity index (χ3v) is 3.65. The largest absolute Gasteiger partial charge is 0.491 e. The Morgan fingerprint density at radius 1 is 1.38 bits per heavy atom. The maximum Gasteiger partial charge on any atom is 0.125 e. The molecule has 1 saturated heterocycles. The van der Waals surface area contributed by atoms with E-state index in [0.29, 0.717) is 32.0 Å². The van der Waals surface area contributed by atoms with Crippen molar-refractivity contribution in [3.63, 3.8) is 0 Å². The highest BCUT2D eigenvalue weighted by atomic mass is 16.5. The maximum absolute atomic E-state index is 10.9. The Hall–Kier alpha value is -1.14. The molecule has 0 amide bonds. The topological polar surface area (TPSA) is 60.0 Å². The SMILES string of the molecule is COCCOc1ccccc1C(C)(O)CC1COCCN1. The van der Waals surface area contributed by atoms with Gasteiger partial charge in [0.15, 0.2) is 0 Å². The van der Waals surface area contributed by atoms with Gasteiger partial charge in [-0.25, -0.2) is 0 Å². The number of benzene rings is 1. The van der Waals surface area contributed by atoms with E-state index in [0.717, 1.165) is 18.7 Å². The van der Waals surface area contributed by atoms with E-state index in [1.165, 1.54) is 0 Å². The summed E-state index contributed by atoms with van der Waals surface area (Å²) in [5.74, 6) is 0.705. The van der Waals surface area contributed by atoms with Gasteiger partial charge >= 0.3 is 0 Å². The molecule has 0 radical (unpaired) electrons. The maximum atomic E-state index is 10.9. The number of rotatable bonds is 7. The lowest BCUT2D eigenvalue weighted by molar-refractivity contribution is 0.00125. The summed E-state index contributed by atoms with van der Waals surface area (Å²) in [6.45, 7) is 5.00. The van der Waals surface area contributed by atoms with E-state index >= 15 is 0 Å². The van der Waals surface area contributed by atoms with Crippen molar-refractivity contribution in [2.75, 3.05) is 40.1 Å². The number of hydrogen-bond acceptors (Lipinski definition) is 5. The van der Waals surface area contributed by atoms with Gasteiger partial charge in [0.2, 0.25) is 0 Å². The summed E-state index contributed by atoms with van der Waals surface area (Å²) in [4.78, 5) is 0. The quantitative estimate of drug-likeness (QED) is 0.743. The van der Waals surface area contributed by atoms with Gasteiger partial charge in [0.1, 0.15) is 12.4 Å². The highest BCUT2D eigenvalue weighted by Crippen LogP contribution is 2.33. The van der Waals surface area contributed by atoms with Crippen molar-refractivity contribution in [2.45, 2.75) is 25.0 Å². The van der Waals surface area contributed by atoms with Gasteiger partial charge in [-0.15, -0.1) is 0 Å². The van der Waals surface area contributed by atoms with E-state index < -0.39 is 5.60 Å². The minimum absolute atomic E-state index is 0.154. The van der Waals surface area contributed by atoms with Crippen LogP contribution in [-0.2, 0) is 15.1 Å². The van der Waals surface area contributed by atoms with Crippen molar-refractivity contribution >= 4 is 0 Å². The second kappa shape index (κ2) is 7.75. The molecule has 0 saturated carbocycles. The van der Waals surface area contributed by atoms with Crippen molar-refractivity contribution in [1.82, 2.24) is 5.32 Å². The molecule has 0 bridgehead atoms. The monoisotopic (exact) mass is 295 g/mol. The number of hydrogen-bond donors (Lipinski definition) is 2. The van der Waals surface area contributed by atoms with Crippen LogP contribution >= 0.6 is 0 Å². The molecule has 118 valence electrons. The summed E-state index contributed by atoms with van der Waals surface area (Å²) in [6, 6.07) is 7.76. The molecule has 0 aliphatic carbocycles. The van der Waals surface area contributed by atoms with Crippen LogP contribution in [0.1, 0.15) is 18.9 Å². The first-order valence-corrected chi connectivity index (χ1v) is 7.38. The average Bonchev–Trinajstić information content (AvgIpc) is 2.48. The zero-order valence-electron chi connectivity index (χ0n) is 12.8. The normalized spacial score (nSPS) is 21.8.